The van der Waals surface area contributed by atoms with Crippen LogP contribution < -0.4 is 10.2 Å². The topological polar surface area (TPSA) is 50.7 Å². The minimum atomic E-state index is -0.149. The van der Waals surface area contributed by atoms with Gasteiger partial charge in [0.25, 0.3) is 5.91 Å². The van der Waals surface area contributed by atoms with Crippen molar-refractivity contribution in [2.75, 3.05) is 19.6 Å². The molecule has 1 aromatic rings. The molecule has 0 fully saturated rings. The van der Waals surface area contributed by atoms with Gasteiger partial charge in [-0.3, -0.25) is 4.79 Å². The fourth-order valence-electron chi connectivity index (χ4n) is 1.76. The van der Waals surface area contributed by atoms with Crippen molar-refractivity contribution in [3.8, 4) is 5.75 Å². The molecule has 1 aliphatic rings. The SMILES string of the molecule is COc1ccc(C2=NNC(=O)C2=C(SC)SC)cc1. The fourth-order valence-corrected chi connectivity index (χ4v) is 3.21. The second-order valence-corrected chi connectivity index (χ2v) is 5.59. The van der Waals surface area contributed by atoms with Crippen LogP contribution in [0.2, 0.25) is 0 Å². The van der Waals surface area contributed by atoms with E-state index in [9.17, 15) is 4.79 Å². The molecule has 0 unspecified atom stereocenters. The molecule has 6 heteroatoms. The molecule has 0 bridgehead atoms. The standard InChI is InChI=1S/C13H14N2O2S2/c1-17-9-6-4-8(5-7-9)11-10(12(16)15-14-11)13(18-2)19-3/h4-7H,1-3H3,(H,15,16). The normalized spacial score (nSPS) is 14.2. The molecule has 1 aromatic carbocycles. The van der Waals surface area contributed by atoms with E-state index in [4.69, 9.17) is 4.74 Å². The molecule has 0 saturated carbocycles. The Morgan fingerprint density at radius 3 is 2.37 bits per heavy atom. The van der Waals surface area contributed by atoms with Gasteiger partial charge in [0.1, 0.15) is 11.5 Å². The van der Waals surface area contributed by atoms with Crippen molar-refractivity contribution >= 4 is 35.1 Å². The van der Waals surface area contributed by atoms with Crippen molar-refractivity contribution in [2.24, 2.45) is 5.10 Å². The van der Waals surface area contributed by atoms with Crippen LogP contribution in [-0.2, 0) is 4.79 Å². The van der Waals surface area contributed by atoms with Gasteiger partial charge in [0.2, 0.25) is 0 Å². The Balaban J connectivity index is 2.42. The first kappa shape index (κ1) is 14.0. The third kappa shape index (κ3) is 2.79. The minimum Gasteiger partial charge on any atom is -0.497 e. The largest absolute Gasteiger partial charge is 0.497 e. The maximum atomic E-state index is 11.9. The van der Waals surface area contributed by atoms with E-state index < -0.39 is 0 Å². The van der Waals surface area contributed by atoms with Gasteiger partial charge >= 0.3 is 0 Å². The molecule has 1 N–H and O–H groups in total. The Morgan fingerprint density at radius 1 is 1.21 bits per heavy atom. The zero-order valence-corrected chi connectivity index (χ0v) is 12.5. The number of ether oxygens (including phenoxy) is 1. The first-order valence-corrected chi connectivity index (χ1v) is 8.01. The van der Waals surface area contributed by atoms with Crippen LogP contribution in [0.5, 0.6) is 5.75 Å². The number of nitrogens with one attached hydrogen (secondary N) is 1. The molecule has 19 heavy (non-hydrogen) atoms. The molecule has 0 saturated heterocycles. The number of carbonyl (C=O) groups is 1. The van der Waals surface area contributed by atoms with E-state index >= 15 is 0 Å². The highest BCUT2D eigenvalue weighted by Gasteiger charge is 2.27. The van der Waals surface area contributed by atoms with Crippen molar-refractivity contribution in [1.29, 1.82) is 0 Å². The summed E-state index contributed by atoms with van der Waals surface area (Å²) in [7, 11) is 1.62. The van der Waals surface area contributed by atoms with Crippen LogP contribution in [0, 0.1) is 0 Å². The van der Waals surface area contributed by atoms with Crippen LogP contribution in [0.1, 0.15) is 5.56 Å². The molecule has 0 spiro atoms. The lowest BCUT2D eigenvalue weighted by molar-refractivity contribution is -0.116. The lowest BCUT2D eigenvalue weighted by atomic mass is 10.0. The number of carbonyl (C=O) groups excluding carboxylic acids is 1. The molecule has 1 aliphatic heterocycles. The second-order valence-electron chi connectivity index (χ2n) is 3.70. The molecule has 0 aromatic heterocycles. The number of amides is 1. The number of rotatable bonds is 4. The Bertz CT molecular complexity index is 544. The minimum absolute atomic E-state index is 0.149. The van der Waals surface area contributed by atoms with E-state index in [0.29, 0.717) is 11.3 Å². The summed E-state index contributed by atoms with van der Waals surface area (Å²) in [6.07, 6.45) is 3.91. The van der Waals surface area contributed by atoms with Gasteiger partial charge in [-0.15, -0.1) is 23.5 Å². The smallest absolute Gasteiger partial charge is 0.275 e. The molecule has 2 rings (SSSR count). The van der Waals surface area contributed by atoms with Gasteiger partial charge in [0.05, 0.1) is 16.9 Å². The number of benzene rings is 1. The van der Waals surface area contributed by atoms with E-state index in [-0.39, 0.29) is 5.91 Å². The summed E-state index contributed by atoms with van der Waals surface area (Å²) in [4.78, 5) is 11.9. The van der Waals surface area contributed by atoms with Gasteiger partial charge in [-0.05, 0) is 36.8 Å². The molecule has 0 atom stereocenters. The summed E-state index contributed by atoms with van der Waals surface area (Å²) in [5.74, 6) is 0.631. The zero-order chi connectivity index (χ0) is 13.8. The van der Waals surface area contributed by atoms with Crippen molar-refractivity contribution < 1.29 is 9.53 Å². The molecule has 0 aliphatic carbocycles. The van der Waals surface area contributed by atoms with E-state index in [2.05, 4.69) is 10.5 Å². The van der Waals surface area contributed by atoms with Crippen LogP contribution in [0.4, 0.5) is 0 Å². The highest BCUT2D eigenvalue weighted by Crippen LogP contribution is 2.31. The maximum Gasteiger partial charge on any atom is 0.275 e. The van der Waals surface area contributed by atoms with E-state index in [1.807, 2.05) is 36.8 Å². The van der Waals surface area contributed by atoms with Gasteiger partial charge in [-0.1, -0.05) is 0 Å². The van der Waals surface area contributed by atoms with Crippen LogP contribution in [0.3, 0.4) is 0 Å². The van der Waals surface area contributed by atoms with Gasteiger partial charge in [-0.25, -0.2) is 5.43 Å². The Hall–Kier alpha value is -1.40. The Morgan fingerprint density at radius 2 is 1.84 bits per heavy atom. The fraction of sp³-hybridized carbons (Fsp3) is 0.231. The van der Waals surface area contributed by atoms with Gasteiger partial charge in [-0.2, -0.15) is 5.10 Å². The summed E-state index contributed by atoms with van der Waals surface area (Å²) in [6, 6.07) is 7.51. The van der Waals surface area contributed by atoms with Crippen LogP contribution in [-0.4, -0.2) is 31.2 Å². The monoisotopic (exact) mass is 294 g/mol. The van der Waals surface area contributed by atoms with Crippen molar-refractivity contribution in [1.82, 2.24) is 5.43 Å². The molecular weight excluding hydrogens is 280 g/mol. The average Bonchev–Trinajstić information content (AvgIpc) is 2.83. The molecule has 0 radical (unpaired) electrons. The number of methoxy groups -OCH3 is 1. The summed E-state index contributed by atoms with van der Waals surface area (Å²) in [6.45, 7) is 0. The Labute approximate surface area is 120 Å². The van der Waals surface area contributed by atoms with E-state index in [0.717, 1.165) is 15.6 Å². The number of nitrogens with zero attached hydrogens (tertiary/aromatic N) is 1. The molecule has 1 amide bonds. The van der Waals surface area contributed by atoms with Gasteiger partial charge < -0.3 is 4.74 Å². The van der Waals surface area contributed by atoms with E-state index in [1.54, 1.807) is 30.6 Å². The zero-order valence-electron chi connectivity index (χ0n) is 10.9. The first-order chi connectivity index (χ1) is 9.21. The van der Waals surface area contributed by atoms with Crippen LogP contribution >= 0.6 is 23.5 Å². The summed E-state index contributed by atoms with van der Waals surface area (Å²) in [5.41, 5.74) is 4.76. The average molecular weight is 294 g/mol. The van der Waals surface area contributed by atoms with Crippen LogP contribution in [0.25, 0.3) is 0 Å². The third-order valence-corrected chi connectivity index (χ3v) is 4.82. The van der Waals surface area contributed by atoms with Crippen molar-refractivity contribution in [3.05, 3.63) is 39.6 Å². The lowest BCUT2D eigenvalue weighted by Gasteiger charge is -2.07. The predicted molar refractivity (Wildman–Crippen MR) is 81.7 cm³/mol. The number of hydrazone groups is 1. The second kappa shape index (κ2) is 6.16. The predicted octanol–water partition coefficient (Wildman–Crippen LogP) is 2.47. The van der Waals surface area contributed by atoms with Crippen molar-refractivity contribution in [2.45, 2.75) is 0 Å². The van der Waals surface area contributed by atoms with Crippen LogP contribution in [0.15, 0.2) is 39.2 Å². The lowest BCUT2D eigenvalue weighted by Crippen LogP contribution is -2.14. The molecule has 1 heterocycles. The number of hydrogen-bond acceptors (Lipinski definition) is 5. The highest BCUT2D eigenvalue weighted by molar-refractivity contribution is 8.21. The highest BCUT2D eigenvalue weighted by atomic mass is 32.2. The quantitative estimate of drug-likeness (QED) is 0.867. The summed E-state index contributed by atoms with van der Waals surface area (Å²) < 4.78 is 6.09. The first-order valence-electron chi connectivity index (χ1n) is 5.56. The molecular formula is C13H14N2O2S2. The van der Waals surface area contributed by atoms with Crippen molar-refractivity contribution in [3.63, 3.8) is 0 Å². The van der Waals surface area contributed by atoms with E-state index in [1.165, 1.54) is 0 Å². The van der Waals surface area contributed by atoms with Gasteiger partial charge in [0.15, 0.2) is 0 Å². The summed E-state index contributed by atoms with van der Waals surface area (Å²) in [5, 5.41) is 4.13. The number of thioether (sulfide) groups is 2. The number of hydrogen-bond donors (Lipinski definition) is 1. The van der Waals surface area contributed by atoms with Gasteiger partial charge in [0, 0.05) is 5.56 Å². The summed E-state index contributed by atoms with van der Waals surface area (Å²) >= 11 is 3.11. The molecule has 100 valence electrons. The Kier molecular flexibility index (Phi) is 4.55. The molecule has 4 nitrogen and oxygen atoms in total. The maximum absolute atomic E-state index is 11.9. The third-order valence-electron chi connectivity index (χ3n) is 2.67.